The van der Waals surface area contributed by atoms with Crippen LogP contribution in [-0.4, -0.2) is 21.4 Å². The van der Waals surface area contributed by atoms with E-state index in [1.54, 1.807) is 20.2 Å². The standard InChI is InChI=1S/C10H14N2O3S/c1-4-7-8(16(11)14)6-12(3)9(7)10(13)15-5-2/h4,6H,1,5,11H2,2-3H3. The second kappa shape index (κ2) is 5.09. The lowest BCUT2D eigenvalue weighted by Gasteiger charge is -2.04. The molecule has 2 N–H and O–H groups in total. The third-order valence-corrected chi connectivity index (χ3v) is 2.83. The lowest BCUT2D eigenvalue weighted by atomic mass is 10.2. The summed E-state index contributed by atoms with van der Waals surface area (Å²) >= 11 is 0. The largest absolute Gasteiger partial charge is 0.461 e. The molecule has 6 heteroatoms. The molecule has 1 unspecified atom stereocenters. The van der Waals surface area contributed by atoms with Crippen molar-refractivity contribution < 1.29 is 13.7 Å². The molecule has 1 atom stereocenters. The number of carbonyl (C=O) groups is 1. The van der Waals surface area contributed by atoms with Gasteiger partial charge in [-0.2, -0.15) is 0 Å². The van der Waals surface area contributed by atoms with E-state index in [1.165, 1.54) is 10.6 Å². The molecule has 0 fully saturated rings. The van der Waals surface area contributed by atoms with Gasteiger partial charge in [0.25, 0.3) is 0 Å². The molecule has 0 amide bonds. The minimum absolute atomic E-state index is 0.279. The summed E-state index contributed by atoms with van der Waals surface area (Å²) in [4.78, 5) is 12.0. The SMILES string of the molecule is C=Cc1c(S(N)=O)cn(C)c1C(=O)OCC. The van der Waals surface area contributed by atoms with Crippen LogP contribution in [0.4, 0.5) is 0 Å². The van der Waals surface area contributed by atoms with Crippen molar-refractivity contribution in [3.8, 4) is 0 Å². The highest BCUT2D eigenvalue weighted by atomic mass is 32.2. The van der Waals surface area contributed by atoms with E-state index >= 15 is 0 Å². The summed E-state index contributed by atoms with van der Waals surface area (Å²) in [5.74, 6) is -0.475. The van der Waals surface area contributed by atoms with E-state index in [0.717, 1.165) is 0 Å². The molecule has 1 heterocycles. The Morgan fingerprint density at radius 3 is 2.81 bits per heavy atom. The predicted molar refractivity (Wildman–Crippen MR) is 62.1 cm³/mol. The van der Waals surface area contributed by atoms with Crippen molar-refractivity contribution in [2.75, 3.05) is 6.61 Å². The minimum atomic E-state index is -1.65. The van der Waals surface area contributed by atoms with Crippen molar-refractivity contribution >= 4 is 23.0 Å². The third-order valence-electron chi connectivity index (χ3n) is 2.07. The normalized spacial score (nSPS) is 12.2. The molecule has 16 heavy (non-hydrogen) atoms. The number of ether oxygens (including phenoxy) is 1. The Kier molecular flexibility index (Phi) is 4.03. The van der Waals surface area contributed by atoms with Gasteiger partial charge in [0.15, 0.2) is 0 Å². The molecule has 0 aromatic carbocycles. The first-order valence-electron chi connectivity index (χ1n) is 4.68. The average molecular weight is 242 g/mol. The fourth-order valence-electron chi connectivity index (χ4n) is 1.43. The second-order valence-corrected chi connectivity index (χ2v) is 4.12. The van der Waals surface area contributed by atoms with Crippen LogP contribution in [0.3, 0.4) is 0 Å². The zero-order chi connectivity index (χ0) is 12.3. The van der Waals surface area contributed by atoms with Gasteiger partial charge in [-0.15, -0.1) is 0 Å². The number of esters is 1. The number of hydrogen-bond donors (Lipinski definition) is 1. The van der Waals surface area contributed by atoms with E-state index in [1.807, 2.05) is 0 Å². The topological polar surface area (TPSA) is 74.3 Å². The Balaban J connectivity index is 3.33. The lowest BCUT2D eigenvalue weighted by Crippen LogP contribution is -2.11. The molecule has 0 aliphatic rings. The van der Waals surface area contributed by atoms with Crippen LogP contribution < -0.4 is 5.14 Å². The summed E-state index contributed by atoms with van der Waals surface area (Å²) in [6, 6.07) is 0. The molecule has 0 aliphatic heterocycles. The summed E-state index contributed by atoms with van der Waals surface area (Å²) in [6.45, 7) is 5.58. The monoisotopic (exact) mass is 242 g/mol. The molecule has 1 aromatic heterocycles. The van der Waals surface area contributed by atoms with E-state index in [-0.39, 0.29) is 6.61 Å². The smallest absolute Gasteiger partial charge is 0.355 e. The number of aromatic nitrogens is 1. The summed E-state index contributed by atoms with van der Waals surface area (Å²) in [5.41, 5.74) is 0.771. The maximum absolute atomic E-state index is 11.7. The minimum Gasteiger partial charge on any atom is -0.461 e. The van der Waals surface area contributed by atoms with Crippen LogP contribution in [0, 0.1) is 0 Å². The first-order chi connectivity index (χ1) is 7.52. The molecule has 1 aromatic rings. The van der Waals surface area contributed by atoms with E-state index in [0.29, 0.717) is 16.2 Å². The van der Waals surface area contributed by atoms with Gasteiger partial charge in [0.05, 0.1) is 11.5 Å². The maximum Gasteiger partial charge on any atom is 0.355 e. The Morgan fingerprint density at radius 2 is 2.38 bits per heavy atom. The van der Waals surface area contributed by atoms with Gasteiger partial charge in [-0.3, -0.25) is 0 Å². The second-order valence-electron chi connectivity index (χ2n) is 3.09. The third kappa shape index (κ3) is 2.23. The van der Waals surface area contributed by atoms with Gasteiger partial charge in [-0.05, 0) is 6.92 Å². The van der Waals surface area contributed by atoms with Gasteiger partial charge in [-0.25, -0.2) is 14.1 Å². The number of aryl methyl sites for hydroxylation is 1. The number of nitrogens with two attached hydrogens (primary N) is 1. The van der Waals surface area contributed by atoms with Crippen LogP contribution in [0.1, 0.15) is 23.0 Å². The van der Waals surface area contributed by atoms with Gasteiger partial charge in [0.1, 0.15) is 16.7 Å². The first-order valence-corrected chi connectivity index (χ1v) is 5.89. The van der Waals surface area contributed by atoms with Crippen molar-refractivity contribution in [1.82, 2.24) is 4.57 Å². The van der Waals surface area contributed by atoms with Gasteiger partial charge < -0.3 is 9.30 Å². The van der Waals surface area contributed by atoms with Gasteiger partial charge in [0.2, 0.25) is 0 Å². The van der Waals surface area contributed by atoms with E-state index in [9.17, 15) is 9.00 Å². The molecule has 0 aliphatic carbocycles. The van der Waals surface area contributed by atoms with Crippen LogP contribution in [0.25, 0.3) is 6.08 Å². The van der Waals surface area contributed by atoms with Crippen molar-refractivity contribution in [2.24, 2.45) is 12.2 Å². The fourth-order valence-corrected chi connectivity index (χ4v) is 2.09. The van der Waals surface area contributed by atoms with Crippen LogP contribution in [0.5, 0.6) is 0 Å². The Hall–Kier alpha value is -1.40. The zero-order valence-electron chi connectivity index (χ0n) is 9.23. The molecule has 0 spiro atoms. The quantitative estimate of drug-likeness (QED) is 0.794. The predicted octanol–water partition coefficient (Wildman–Crippen LogP) is 0.826. The molecule has 5 nitrogen and oxygen atoms in total. The van der Waals surface area contributed by atoms with E-state index in [4.69, 9.17) is 9.88 Å². The van der Waals surface area contributed by atoms with Gasteiger partial charge in [-0.1, -0.05) is 12.7 Å². The number of hydrogen-bond acceptors (Lipinski definition) is 3. The molecular weight excluding hydrogens is 228 g/mol. The molecular formula is C10H14N2O3S. The number of nitrogens with zero attached hydrogens (tertiary/aromatic N) is 1. The lowest BCUT2D eigenvalue weighted by molar-refractivity contribution is 0.0515. The summed E-state index contributed by atoms with van der Waals surface area (Å²) in [7, 11) is 0.0121. The van der Waals surface area contributed by atoms with Crippen LogP contribution in [-0.2, 0) is 22.8 Å². The van der Waals surface area contributed by atoms with Crippen LogP contribution in [0.15, 0.2) is 17.7 Å². The van der Waals surface area contributed by atoms with E-state index < -0.39 is 17.0 Å². The molecule has 1 rings (SSSR count). The van der Waals surface area contributed by atoms with Crippen molar-refractivity contribution in [3.63, 3.8) is 0 Å². The molecule has 0 saturated heterocycles. The van der Waals surface area contributed by atoms with Gasteiger partial charge in [0, 0.05) is 18.8 Å². The van der Waals surface area contributed by atoms with Crippen molar-refractivity contribution in [2.45, 2.75) is 11.8 Å². The highest BCUT2D eigenvalue weighted by Gasteiger charge is 2.21. The molecule has 0 bridgehead atoms. The van der Waals surface area contributed by atoms with Crippen molar-refractivity contribution in [1.29, 1.82) is 0 Å². The number of carbonyl (C=O) groups excluding carboxylic acids is 1. The highest BCUT2D eigenvalue weighted by Crippen LogP contribution is 2.21. The van der Waals surface area contributed by atoms with Gasteiger partial charge >= 0.3 is 5.97 Å². The van der Waals surface area contributed by atoms with Crippen molar-refractivity contribution in [3.05, 3.63) is 24.0 Å². The highest BCUT2D eigenvalue weighted by molar-refractivity contribution is 7.82. The Bertz CT molecular complexity index is 451. The zero-order valence-corrected chi connectivity index (χ0v) is 10.0. The summed E-state index contributed by atoms with van der Waals surface area (Å²) in [6.07, 6.45) is 2.99. The van der Waals surface area contributed by atoms with Crippen LogP contribution in [0.2, 0.25) is 0 Å². The number of rotatable bonds is 4. The molecule has 88 valence electrons. The van der Waals surface area contributed by atoms with E-state index in [2.05, 4.69) is 6.58 Å². The van der Waals surface area contributed by atoms with Crippen LogP contribution >= 0.6 is 0 Å². The first kappa shape index (κ1) is 12.7. The molecule has 0 radical (unpaired) electrons. The fraction of sp³-hybridized carbons (Fsp3) is 0.300. The average Bonchev–Trinajstić information content (AvgIpc) is 2.55. The summed E-state index contributed by atoms with van der Waals surface area (Å²) < 4.78 is 17.7. The molecule has 0 saturated carbocycles. The summed E-state index contributed by atoms with van der Waals surface area (Å²) in [5, 5.41) is 5.31. The Labute approximate surface area is 96.5 Å². The Morgan fingerprint density at radius 1 is 1.75 bits per heavy atom. The maximum atomic E-state index is 11.7.